The highest BCUT2D eigenvalue weighted by Crippen LogP contribution is 2.34. The molecular formula is C15H20ClNO3. The van der Waals surface area contributed by atoms with E-state index < -0.39 is 11.4 Å². The first-order chi connectivity index (χ1) is 9.46. The molecule has 0 bridgehead atoms. The molecular weight excluding hydrogens is 278 g/mol. The number of aromatic hydroxyl groups is 2. The molecule has 0 aromatic heterocycles. The second kappa shape index (κ2) is 5.92. The molecule has 5 heteroatoms. The van der Waals surface area contributed by atoms with Crippen LogP contribution in [-0.2, 0) is 0 Å². The summed E-state index contributed by atoms with van der Waals surface area (Å²) < 4.78 is 0. The van der Waals surface area contributed by atoms with Gasteiger partial charge in [0.25, 0.3) is 5.91 Å². The standard InChI is InChI=1S/C15H20ClNO3/c1-10-3-2-6-15(8-10,9-16)17-14(20)12-7-11(18)4-5-13(12)19/h4-5,7,10,18-19H,2-3,6,8-9H2,1H3,(H,17,20). The van der Waals surface area contributed by atoms with Gasteiger partial charge in [0.15, 0.2) is 0 Å². The van der Waals surface area contributed by atoms with Gasteiger partial charge in [-0.1, -0.05) is 19.8 Å². The summed E-state index contributed by atoms with van der Waals surface area (Å²) in [5.41, 5.74) is -0.346. The van der Waals surface area contributed by atoms with Crippen molar-refractivity contribution < 1.29 is 15.0 Å². The number of rotatable bonds is 3. The van der Waals surface area contributed by atoms with Crippen LogP contribution < -0.4 is 5.32 Å². The summed E-state index contributed by atoms with van der Waals surface area (Å²) in [5.74, 6) is 0.273. The first-order valence-corrected chi connectivity index (χ1v) is 7.40. The summed E-state index contributed by atoms with van der Waals surface area (Å²) in [4.78, 5) is 12.3. The molecule has 0 heterocycles. The van der Waals surface area contributed by atoms with Crippen molar-refractivity contribution >= 4 is 17.5 Å². The fourth-order valence-corrected chi connectivity index (χ4v) is 3.25. The van der Waals surface area contributed by atoms with Crippen LogP contribution in [0.25, 0.3) is 0 Å². The van der Waals surface area contributed by atoms with E-state index in [1.165, 1.54) is 18.2 Å². The van der Waals surface area contributed by atoms with Crippen LogP contribution in [0.4, 0.5) is 0 Å². The summed E-state index contributed by atoms with van der Waals surface area (Å²) in [5, 5.41) is 22.1. The molecule has 0 saturated heterocycles. The number of carbonyl (C=O) groups excluding carboxylic acids is 1. The topological polar surface area (TPSA) is 69.6 Å². The van der Waals surface area contributed by atoms with E-state index in [1.54, 1.807) is 0 Å². The molecule has 2 rings (SSSR count). The zero-order chi connectivity index (χ0) is 14.8. The minimum absolute atomic E-state index is 0.0510. The van der Waals surface area contributed by atoms with Gasteiger partial charge in [-0.2, -0.15) is 0 Å². The van der Waals surface area contributed by atoms with E-state index in [-0.39, 0.29) is 17.1 Å². The lowest BCUT2D eigenvalue weighted by molar-refractivity contribution is 0.0864. The normalized spacial score (nSPS) is 26.2. The molecule has 1 aromatic rings. The lowest BCUT2D eigenvalue weighted by Gasteiger charge is -2.39. The van der Waals surface area contributed by atoms with Crippen molar-refractivity contribution in [1.29, 1.82) is 0 Å². The third-order valence-electron chi connectivity index (χ3n) is 3.95. The Morgan fingerprint density at radius 2 is 2.25 bits per heavy atom. The number of halogens is 1. The molecule has 1 amide bonds. The van der Waals surface area contributed by atoms with Crippen molar-refractivity contribution in [3.63, 3.8) is 0 Å². The summed E-state index contributed by atoms with van der Waals surface area (Å²) in [6.07, 6.45) is 3.85. The molecule has 1 saturated carbocycles. The van der Waals surface area contributed by atoms with Gasteiger partial charge in [0.05, 0.1) is 11.1 Å². The molecule has 4 nitrogen and oxygen atoms in total. The van der Waals surface area contributed by atoms with Crippen molar-refractivity contribution in [2.45, 2.75) is 38.1 Å². The first kappa shape index (κ1) is 15.0. The monoisotopic (exact) mass is 297 g/mol. The van der Waals surface area contributed by atoms with E-state index in [0.29, 0.717) is 11.8 Å². The molecule has 2 atom stereocenters. The van der Waals surface area contributed by atoms with Gasteiger partial charge < -0.3 is 15.5 Å². The first-order valence-electron chi connectivity index (χ1n) is 6.86. The van der Waals surface area contributed by atoms with Gasteiger partial charge in [0.2, 0.25) is 0 Å². The van der Waals surface area contributed by atoms with Crippen LogP contribution in [0.2, 0.25) is 0 Å². The molecule has 1 fully saturated rings. The maximum Gasteiger partial charge on any atom is 0.255 e. The molecule has 0 radical (unpaired) electrons. The van der Waals surface area contributed by atoms with Gasteiger partial charge in [-0.3, -0.25) is 4.79 Å². The van der Waals surface area contributed by atoms with Crippen LogP contribution in [-0.4, -0.2) is 27.5 Å². The number of phenols is 2. The average Bonchev–Trinajstić information content (AvgIpc) is 2.41. The Morgan fingerprint density at radius 3 is 2.90 bits per heavy atom. The number of amides is 1. The molecule has 0 spiro atoms. The molecule has 110 valence electrons. The zero-order valence-electron chi connectivity index (χ0n) is 11.5. The number of benzene rings is 1. The smallest absolute Gasteiger partial charge is 0.255 e. The molecule has 3 N–H and O–H groups in total. The van der Waals surface area contributed by atoms with Crippen molar-refractivity contribution in [2.75, 3.05) is 5.88 Å². The fourth-order valence-electron chi connectivity index (χ4n) is 2.94. The molecule has 20 heavy (non-hydrogen) atoms. The third-order valence-corrected chi connectivity index (χ3v) is 4.46. The van der Waals surface area contributed by atoms with E-state index in [0.717, 1.165) is 25.7 Å². The van der Waals surface area contributed by atoms with Crippen molar-refractivity contribution in [1.82, 2.24) is 5.32 Å². The van der Waals surface area contributed by atoms with E-state index in [4.69, 9.17) is 11.6 Å². The quantitative estimate of drug-likeness (QED) is 0.593. The van der Waals surface area contributed by atoms with Crippen LogP contribution in [0.3, 0.4) is 0 Å². The largest absolute Gasteiger partial charge is 0.508 e. The Balaban J connectivity index is 2.19. The third kappa shape index (κ3) is 3.18. The Kier molecular flexibility index (Phi) is 4.43. The van der Waals surface area contributed by atoms with Gasteiger partial charge in [-0.15, -0.1) is 11.6 Å². The van der Waals surface area contributed by atoms with Gasteiger partial charge >= 0.3 is 0 Å². The van der Waals surface area contributed by atoms with Gasteiger partial charge in [-0.25, -0.2) is 0 Å². The Hall–Kier alpha value is -1.42. The molecule has 1 aliphatic carbocycles. The second-order valence-electron chi connectivity index (χ2n) is 5.77. The van der Waals surface area contributed by atoms with E-state index >= 15 is 0 Å². The number of phenolic OH excluding ortho intramolecular Hbond substituents is 2. The van der Waals surface area contributed by atoms with Crippen molar-refractivity contribution in [3.05, 3.63) is 23.8 Å². The molecule has 1 aliphatic rings. The molecule has 1 aromatic carbocycles. The Bertz CT molecular complexity index is 506. The molecule has 2 unspecified atom stereocenters. The van der Waals surface area contributed by atoms with E-state index in [2.05, 4.69) is 12.2 Å². The number of nitrogens with one attached hydrogen (secondary N) is 1. The van der Waals surface area contributed by atoms with Crippen LogP contribution in [0.5, 0.6) is 11.5 Å². The number of alkyl halides is 1. The summed E-state index contributed by atoms with van der Waals surface area (Å²) >= 11 is 6.08. The minimum Gasteiger partial charge on any atom is -0.508 e. The number of hydrogen-bond acceptors (Lipinski definition) is 3. The van der Waals surface area contributed by atoms with Crippen LogP contribution >= 0.6 is 11.6 Å². The van der Waals surface area contributed by atoms with Crippen LogP contribution in [0, 0.1) is 5.92 Å². The maximum atomic E-state index is 12.3. The average molecular weight is 298 g/mol. The van der Waals surface area contributed by atoms with E-state index in [1.807, 2.05) is 0 Å². The highest BCUT2D eigenvalue weighted by Gasteiger charge is 2.36. The lowest BCUT2D eigenvalue weighted by atomic mass is 9.77. The summed E-state index contributed by atoms with van der Waals surface area (Å²) in [6.45, 7) is 2.15. The Morgan fingerprint density at radius 1 is 1.50 bits per heavy atom. The van der Waals surface area contributed by atoms with Gasteiger partial charge in [-0.05, 0) is 37.0 Å². The summed E-state index contributed by atoms with van der Waals surface area (Å²) in [6, 6.07) is 3.91. The van der Waals surface area contributed by atoms with Crippen LogP contribution in [0.1, 0.15) is 43.0 Å². The van der Waals surface area contributed by atoms with Crippen LogP contribution in [0.15, 0.2) is 18.2 Å². The number of carbonyl (C=O) groups is 1. The Labute approximate surface area is 123 Å². The number of hydrogen-bond donors (Lipinski definition) is 3. The second-order valence-corrected chi connectivity index (χ2v) is 6.04. The van der Waals surface area contributed by atoms with Gasteiger partial charge in [0.1, 0.15) is 11.5 Å². The maximum absolute atomic E-state index is 12.3. The lowest BCUT2D eigenvalue weighted by Crippen LogP contribution is -2.52. The zero-order valence-corrected chi connectivity index (χ0v) is 12.3. The highest BCUT2D eigenvalue weighted by atomic mass is 35.5. The molecule has 0 aliphatic heterocycles. The van der Waals surface area contributed by atoms with E-state index in [9.17, 15) is 15.0 Å². The van der Waals surface area contributed by atoms with Gasteiger partial charge in [0, 0.05) is 5.88 Å². The minimum atomic E-state index is -0.422. The summed E-state index contributed by atoms with van der Waals surface area (Å²) in [7, 11) is 0. The predicted molar refractivity (Wildman–Crippen MR) is 78.3 cm³/mol. The fraction of sp³-hybridized carbons (Fsp3) is 0.533. The predicted octanol–water partition coefficient (Wildman–Crippen LogP) is 3.02. The van der Waals surface area contributed by atoms with Crippen molar-refractivity contribution in [3.8, 4) is 11.5 Å². The highest BCUT2D eigenvalue weighted by molar-refractivity contribution is 6.19. The SMILES string of the molecule is CC1CCCC(CCl)(NC(=O)c2cc(O)ccc2O)C1. The van der Waals surface area contributed by atoms with Crippen molar-refractivity contribution in [2.24, 2.45) is 5.92 Å².